The van der Waals surface area contributed by atoms with Crippen LogP contribution >= 0.6 is 0 Å². The Kier molecular flexibility index (Phi) is 4.53. The number of benzene rings is 3. The predicted molar refractivity (Wildman–Crippen MR) is 127 cm³/mol. The number of imidazole rings is 1. The Morgan fingerprint density at radius 3 is 2.50 bits per heavy atom. The number of H-pyrrole nitrogens is 1. The Hall–Kier alpha value is -3.86. The average Bonchev–Trinajstić information content (AvgIpc) is 3.48. The van der Waals surface area contributed by atoms with E-state index in [-0.39, 0.29) is 5.91 Å². The highest BCUT2D eigenvalue weighted by molar-refractivity contribution is 5.94. The van der Waals surface area contributed by atoms with Gasteiger partial charge in [-0.3, -0.25) is 9.36 Å². The molecule has 1 N–H and O–H groups in total. The molecule has 5 heteroatoms. The molecule has 5 nitrogen and oxygen atoms in total. The fourth-order valence-corrected chi connectivity index (χ4v) is 4.94. The zero-order valence-electron chi connectivity index (χ0n) is 17.7. The molecule has 158 valence electrons. The number of para-hydroxylation sites is 3. The summed E-state index contributed by atoms with van der Waals surface area (Å²) in [6.45, 7) is 1.58. The first kappa shape index (κ1) is 18.9. The van der Waals surface area contributed by atoms with E-state index in [0.717, 1.165) is 48.2 Å². The minimum atomic E-state index is 0.115. The third kappa shape index (κ3) is 3.17. The van der Waals surface area contributed by atoms with Gasteiger partial charge < -0.3 is 9.88 Å². The van der Waals surface area contributed by atoms with E-state index in [1.165, 1.54) is 16.5 Å². The van der Waals surface area contributed by atoms with Crippen LogP contribution in [0.15, 0.2) is 85.3 Å². The third-order valence-electron chi connectivity index (χ3n) is 6.69. The number of hydrogen-bond acceptors (Lipinski definition) is 2. The number of rotatable bonds is 3. The molecule has 0 spiro atoms. The zero-order chi connectivity index (χ0) is 21.5. The maximum absolute atomic E-state index is 13.1. The Balaban J connectivity index is 1.16. The van der Waals surface area contributed by atoms with E-state index in [0.29, 0.717) is 5.92 Å². The second-order valence-electron chi connectivity index (χ2n) is 8.51. The van der Waals surface area contributed by atoms with Gasteiger partial charge in [-0.15, -0.1) is 0 Å². The normalized spacial score (nSPS) is 14.9. The van der Waals surface area contributed by atoms with Crippen LogP contribution in [0.3, 0.4) is 0 Å². The number of piperidine rings is 1. The van der Waals surface area contributed by atoms with Gasteiger partial charge in [-0.2, -0.15) is 0 Å². The largest absolute Gasteiger partial charge is 0.361 e. The van der Waals surface area contributed by atoms with Gasteiger partial charge in [0.05, 0.1) is 11.0 Å². The van der Waals surface area contributed by atoms with E-state index in [1.54, 1.807) is 0 Å². The fraction of sp³-hybridized carbons (Fsp3) is 0.185. The van der Waals surface area contributed by atoms with E-state index in [1.807, 2.05) is 53.7 Å². The molecule has 0 atom stereocenters. The number of amides is 1. The highest BCUT2D eigenvalue weighted by Gasteiger charge is 2.26. The van der Waals surface area contributed by atoms with Crippen LogP contribution in [0.4, 0.5) is 0 Å². The molecule has 0 bridgehead atoms. The van der Waals surface area contributed by atoms with E-state index < -0.39 is 0 Å². The van der Waals surface area contributed by atoms with Crippen molar-refractivity contribution in [3.8, 4) is 5.69 Å². The molecule has 0 radical (unpaired) electrons. The first-order chi connectivity index (χ1) is 15.8. The standard InChI is InChI=1S/C27H24N4O/c32-27(20-9-11-21(12-10-20)31-18-29-25-7-3-4-8-26(25)31)30-15-13-19(14-16-30)23-17-28-24-6-2-1-5-22(23)24/h1-12,17-19,28H,13-16H2. The molecular weight excluding hydrogens is 396 g/mol. The van der Waals surface area contributed by atoms with Crippen LogP contribution in [0.25, 0.3) is 27.6 Å². The summed E-state index contributed by atoms with van der Waals surface area (Å²) < 4.78 is 2.05. The lowest BCUT2D eigenvalue weighted by Gasteiger charge is -2.32. The molecule has 1 fully saturated rings. The van der Waals surface area contributed by atoms with Crippen LogP contribution < -0.4 is 0 Å². The molecule has 1 aliphatic rings. The number of carbonyl (C=O) groups is 1. The van der Waals surface area contributed by atoms with Crippen LogP contribution in [-0.2, 0) is 0 Å². The number of nitrogens with one attached hydrogen (secondary N) is 1. The van der Waals surface area contributed by atoms with Gasteiger partial charge in [0, 0.05) is 41.4 Å². The number of nitrogens with zero attached hydrogens (tertiary/aromatic N) is 3. The van der Waals surface area contributed by atoms with Crippen molar-refractivity contribution < 1.29 is 4.79 Å². The molecule has 0 aliphatic carbocycles. The average molecular weight is 421 g/mol. The molecule has 1 saturated heterocycles. The lowest BCUT2D eigenvalue weighted by Crippen LogP contribution is -2.37. The van der Waals surface area contributed by atoms with Crippen molar-refractivity contribution in [3.63, 3.8) is 0 Å². The van der Waals surface area contributed by atoms with Gasteiger partial charge in [0.2, 0.25) is 0 Å². The number of fused-ring (bicyclic) bond motifs is 2. The van der Waals surface area contributed by atoms with Crippen molar-refractivity contribution in [2.75, 3.05) is 13.1 Å². The number of aromatic amines is 1. The van der Waals surface area contributed by atoms with E-state index >= 15 is 0 Å². The molecule has 0 unspecified atom stereocenters. The molecule has 1 aliphatic heterocycles. The van der Waals surface area contributed by atoms with Crippen LogP contribution in [0.5, 0.6) is 0 Å². The lowest BCUT2D eigenvalue weighted by atomic mass is 9.89. The summed E-state index contributed by atoms with van der Waals surface area (Å²) >= 11 is 0. The molecule has 3 aromatic carbocycles. The molecular formula is C27H24N4O. The Morgan fingerprint density at radius 1 is 0.906 bits per heavy atom. The minimum absolute atomic E-state index is 0.115. The second kappa shape index (κ2) is 7.68. The van der Waals surface area contributed by atoms with Crippen molar-refractivity contribution >= 4 is 27.8 Å². The highest BCUT2D eigenvalue weighted by atomic mass is 16.2. The first-order valence-electron chi connectivity index (χ1n) is 11.2. The topological polar surface area (TPSA) is 53.9 Å². The Labute approximate surface area is 186 Å². The number of carbonyl (C=O) groups excluding carboxylic acids is 1. The molecule has 5 aromatic rings. The van der Waals surface area contributed by atoms with Gasteiger partial charge >= 0.3 is 0 Å². The summed E-state index contributed by atoms with van der Waals surface area (Å²) in [7, 11) is 0. The summed E-state index contributed by atoms with van der Waals surface area (Å²) in [5, 5.41) is 1.31. The van der Waals surface area contributed by atoms with Crippen LogP contribution in [0, 0.1) is 0 Å². The summed E-state index contributed by atoms with van der Waals surface area (Å²) in [5.41, 5.74) is 6.34. The van der Waals surface area contributed by atoms with Gasteiger partial charge in [0.15, 0.2) is 0 Å². The highest BCUT2D eigenvalue weighted by Crippen LogP contribution is 2.33. The Bertz CT molecular complexity index is 1400. The third-order valence-corrected chi connectivity index (χ3v) is 6.69. The van der Waals surface area contributed by atoms with Crippen molar-refractivity contribution in [2.24, 2.45) is 0 Å². The quantitative estimate of drug-likeness (QED) is 0.417. The summed E-state index contributed by atoms with van der Waals surface area (Å²) in [5.74, 6) is 0.608. The zero-order valence-corrected chi connectivity index (χ0v) is 17.7. The molecule has 0 saturated carbocycles. The molecule has 3 heterocycles. The summed E-state index contributed by atoms with van der Waals surface area (Å²) in [4.78, 5) is 23.0. The Morgan fingerprint density at radius 2 is 1.66 bits per heavy atom. The van der Waals surface area contributed by atoms with E-state index in [9.17, 15) is 4.79 Å². The van der Waals surface area contributed by atoms with Gasteiger partial charge in [0.1, 0.15) is 6.33 Å². The second-order valence-corrected chi connectivity index (χ2v) is 8.51. The smallest absolute Gasteiger partial charge is 0.253 e. The van der Waals surface area contributed by atoms with Crippen LogP contribution in [-0.4, -0.2) is 38.4 Å². The monoisotopic (exact) mass is 420 g/mol. The van der Waals surface area contributed by atoms with Crippen LogP contribution in [0.2, 0.25) is 0 Å². The maximum Gasteiger partial charge on any atom is 0.253 e. The minimum Gasteiger partial charge on any atom is -0.361 e. The number of hydrogen-bond donors (Lipinski definition) is 1. The summed E-state index contributed by atoms with van der Waals surface area (Å²) in [6.07, 6.45) is 5.96. The molecule has 1 amide bonds. The molecule has 2 aromatic heterocycles. The lowest BCUT2D eigenvalue weighted by molar-refractivity contribution is 0.0713. The van der Waals surface area contributed by atoms with Gasteiger partial charge in [-0.1, -0.05) is 30.3 Å². The predicted octanol–water partition coefficient (Wildman–Crippen LogP) is 5.53. The van der Waals surface area contributed by atoms with E-state index in [2.05, 4.69) is 51.1 Å². The fourth-order valence-electron chi connectivity index (χ4n) is 4.94. The SMILES string of the molecule is O=C(c1ccc(-n2cnc3ccccc32)cc1)N1CCC(c2c[nH]c3ccccc23)CC1. The van der Waals surface area contributed by atoms with Crippen molar-refractivity contribution in [1.82, 2.24) is 19.4 Å². The summed E-state index contributed by atoms with van der Waals surface area (Å²) in [6, 6.07) is 24.4. The van der Waals surface area contributed by atoms with Gasteiger partial charge in [0.25, 0.3) is 5.91 Å². The van der Waals surface area contributed by atoms with E-state index in [4.69, 9.17) is 0 Å². The van der Waals surface area contributed by atoms with Crippen molar-refractivity contribution in [1.29, 1.82) is 0 Å². The van der Waals surface area contributed by atoms with Crippen LogP contribution in [0.1, 0.15) is 34.7 Å². The van der Waals surface area contributed by atoms with Crippen molar-refractivity contribution in [3.05, 3.63) is 96.4 Å². The maximum atomic E-state index is 13.1. The number of likely N-dealkylation sites (tertiary alicyclic amines) is 1. The van der Waals surface area contributed by atoms with Gasteiger partial charge in [-0.25, -0.2) is 4.98 Å². The van der Waals surface area contributed by atoms with Gasteiger partial charge in [-0.05, 0) is 66.8 Å². The molecule has 6 rings (SSSR count). The number of aromatic nitrogens is 3. The first-order valence-corrected chi connectivity index (χ1v) is 11.2. The van der Waals surface area contributed by atoms with Crippen molar-refractivity contribution in [2.45, 2.75) is 18.8 Å². The molecule has 32 heavy (non-hydrogen) atoms.